The van der Waals surface area contributed by atoms with E-state index in [4.69, 9.17) is 0 Å². The minimum Gasteiger partial charge on any atom is -0.584 e. The zero-order valence-corrected chi connectivity index (χ0v) is 9.31. The van der Waals surface area contributed by atoms with Gasteiger partial charge in [0, 0.05) is 0 Å². The topological polar surface area (TPSA) is 146 Å². The van der Waals surface area contributed by atoms with Crippen molar-refractivity contribution in [2.24, 2.45) is 0 Å². The molecule has 0 aliphatic carbocycles. The number of carbonyl (C=O) groups is 4. The largest absolute Gasteiger partial charge is 0.784 e. The van der Waals surface area contributed by atoms with Gasteiger partial charge in [0.25, 0.3) is 23.9 Å². The van der Waals surface area contributed by atoms with E-state index >= 15 is 0 Å². The van der Waals surface area contributed by atoms with E-state index < -0.39 is 55.9 Å². The third-order valence-corrected chi connectivity index (χ3v) is 2.34. The Labute approximate surface area is 105 Å². The molecule has 104 valence electrons. The summed E-state index contributed by atoms with van der Waals surface area (Å²) < 4.78 is 17.8. The van der Waals surface area contributed by atoms with Crippen LogP contribution in [0.25, 0.3) is 0 Å². The van der Waals surface area contributed by atoms with Crippen molar-refractivity contribution >= 4 is 30.8 Å². The second kappa shape index (κ2) is 4.51. The first-order valence-electron chi connectivity index (χ1n) is 5.19. The third kappa shape index (κ3) is 2.66. The minimum absolute atomic E-state index is 0.750. The highest BCUT2D eigenvalue weighted by Gasteiger charge is 2.53. The van der Waals surface area contributed by atoms with E-state index in [1.54, 1.807) is 0 Å². The Balaban J connectivity index is 2.33. The molecule has 11 heteroatoms. The highest BCUT2D eigenvalue weighted by atomic mass is 16.9. The van der Waals surface area contributed by atoms with Gasteiger partial charge >= 0.3 is 6.96 Å². The first kappa shape index (κ1) is 13.3. The molecule has 0 unspecified atom stereocenters. The second-order valence-corrected chi connectivity index (χ2v) is 3.87. The molecule has 0 bridgehead atoms. The van der Waals surface area contributed by atoms with E-state index in [9.17, 15) is 29.4 Å². The fourth-order valence-corrected chi connectivity index (χ4v) is 1.49. The van der Waals surface area contributed by atoms with Crippen molar-refractivity contribution in [2.45, 2.75) is 25.0 Å². The normalized spacial score (nSPS) is 30.6. The number of rotatable bonds is 0. The molecule has 0 radical (unpaired) electrons. The van der Waals surface area contributed by atoms with Gasteiger partial charge in [-0.25, -0.2) is 0 Å². The summed E-state index contributed by atoms with van der Waals surface area (Å²) >= 11 is 0. The number of aliphatic hydroxyl groups is 2. The summed E-state index contributed by atoms with van der Waals surface area (Å²) in [4.78, 5) is 45.2. The Kier molecular flexibility index (Phi) is 3.16. The number of hydrogen-bond acceptors (Lipinski definition) is 10. The SMILES string of the molecule is O=C1C[C@H](O)C(=O)O[B-]2(O1)OC(=O)C[C@H](O)C(=O)O2. The fourth-order valence-electron chi connectivity index (χ4n) is 1.49. The average molecular weight is 275 g/mol. The molecule has 0 amide bonds. The van der Waals surface area contributed by atoms with Crippen LogP contribution in [-0.4, -0.2) is 53.3 Å². The van der Waals surface area contributed by atoms with Gasteiger partial charge in [-0.05, 0) is 0 Å². The van der Waals surface area contributed by atoms with Crippen LogP contribution in [0.15, 0.2) is 0 Å². The summed E-state index contributed by atoms with van der Waals surface area (Å²) in [5.41, 5.74) is 0. The fraction of sp³-hybridized carbons (Fsp3) is 0.500. The molecule has 0 saturated carbocycles. The van der Waals surface area contributed by atoms with Crippen LogP contribution in [-0.2, 0) is 37.8 Å². The van der Waals surface area contributed by atoms with Crippen LogP contribution in [0.4, 0.5) is 0 Å². The molecule has 2 atom stereocenters. The van der Waals surface area contributed by atoms with E-state index in [0.717, 1.165) is 0 Å². The molecule has 10 nitrogen and oxygen atoms in total. The van der Waals surface area contributed by atoms with Gasteiger partial charge in [0.05, 0.1) is 12.8 Å². The van der Waals surface area contributed by atoms with E-state index in [2.05, 4.69) is 18.6 Å². The molecule has 0 aromatic heterocycles. The van der Waals surface area contributed by atoms with Crippen molar-refractivity contribution in [1.82, 2.24) is 0 Å². The number of hydrogen-bond donors (Lipinski definition) is 2. The summed E-state index contributed by atoms with van der Waals surface area (Å²) in [5, 5.41) is 18.4. The Bertz CT molecular complexity index is 416. The van der Waals surface area contributed by atoms with Gasteiger partial charge in [0.2, 0.25) is 0 Å². The van der Waals surface area contributed by atoms with Crippen LogP contribution in [0.3, 0.4) is 0 Å². The molecule has 0 aromatic carbocycles. The third-order valence-electron chi connectivity index (χ3n) is 2.34. The molecular formula is C8H8BO10-. The maximum absolute atomic E-state index is 11.3. The zero-order valence-electron chi connectivity index (χ0n) is 9.31. The van der Waals surface area contributed by atoms with Crippen molar-refractivity contribution in [2.75, 3.05) is 0 Å². The Morgan fingerprint density at radius 3 is 1.53 bits per heavy atom. The molecular weight excluding hydrogens is 267 g/mol. The smallest absolute Gasteiger partial charge is 0.584 e. The molecule has 1 spiro atoms. The van der Waals surface area contributed by atoms with Crippen LogP contribution in [0, 0.1) is 0 Å². The van der Waals surface area contributed by atoms with Crippen molar-refractivity contribution in [1.29, 1.82) is 0 Å². The maximum atomic E-state index is 11.3. The van der Waals surface area contributed by atoms with E-state index in [0.29, 0.717) is 0 Å². The Morgan fingerprint density at radius 1 is 0.789 bits per heavy atom. The standard InChI is InChI=1S/C8H8BO10/c10-3-1-5(12)16-9(18-7(3)14)17-6(13)2-4(11)8(15)19-9/h3-4,10-11H,1-2H2/q-1/t3-,4-,9?/m0/s1. The quantitative estimate of drug-likeness (QED) is 0.442. The van der Waals surface area contributed by atoms with Crippen molar-refractivity contribution in [3.05, 3.63) is 0 Å². The van der Waals surface area contributed by atoms with E-state index in [1.165, 1.54) is 0 Å². The van der Waals surface area contributed by atoms with E-state index in [1.807, 2.05) is 0 Å². The summed E-state index contributed by atoms with van der Waals surface area (Å²) in [5.74, 6) is -5.06. The summed E-state index contributed by atoms with van der Waals surface area (Å²) in [7, 11) is 0. The lowest BCUT2D eigenvalue weighted by Crippen LogP contribution is -2.52. The molecule has 2 heterocycles. The number of carbonyl (C=O) groups excluding carboxylic acids is 4. The molecule has 2 fully saturated rings. The summed E-state index contributed by atoms with van der Waals surface area (Å²) in [6.45, 7) is -3.80. The molecule has 2 rings (SSSR count). The zero-order chi connectivity index (χ0) is 14.2. The molecule has 0 aromatic rings. The predicted molar refractivity (Wildman–Crippen MR) is 51.4 cm³/mol. The van der Waals surface area contributed by atoms with Crippen LogP contribution in [0.5, 0.6) is 0 Å². The molecule has 2 aliphatic heterocycles. The molecule has 2 N–H and O–H groups in total. The monoisotopic (exact) mass is 275 g/mol. The van der Waals surface area contributed by atoms with Gasteiger partial charge in [0.1, 0.15) is 0 Å². The van der Waals surface area contributed by atoms with Gasteiger partial charge in [-0.2, -0.15) is 0 Å². The van der Waals surface area contributed by atoms with Gasteiger partial charge < -0.3 is 28.8 Å². The maximum Gasteiger partial charge on any atom is 0.784 e. The van der Waals surface area contributed by atoms with Gasteiger partial charge in [-0.15, -0.1) is 0 Å². The molecule has 19 heavy (non-hydrogen) atoms. The molecule has 2 aliphatic rings. The summed E-state index contributed by atoms with van der Waals surface area (Å²) in [6.07, 6.45) is -5.17. The Hall–Kier alpha value is -2.14. The van der Waals surface area contributed by atoms with Crippen LogP contribution in [0.2, 0.25) is 0 Å². The second-order valence-electron chi connectivity index (χ2n) is 3.87. The first-order chi connectivity index (χ1) is 8.81. The lowest BCUT2D eigenvalue weighted by atomic mass is 10.1. The minimum atomic E-state index is -3.80. The first-order valence-corrected chi connectivity index (χ1v) is 5.19. The van der Waals surface area contributed by atoms with Crippen LogP contribution >= 0.6 is 0 Å². The highest BCUT2D eigenvalue weighted by molar-refractivity contribution is 6.61. The van der Waals surface area contributed by atoms with Crippen molar-refractivity contribution < 1.29 is 48.0 Å². The average Bonchev–Trinajstić information content (AvgIpc) is 2.41. The lowest BCUT2D eigenvalue weighted by molar-refractivity contribution is -0.159. The van der Waals surface area contributed by atoms with Crippen molar-refractivity contribution in [3.63, 3.8) is 0 Å². The lowest BCUT2D eigenvalue weighted by Gasteiger charge is -2.34. The number of aliphatic hydroxyl groups excluding tert-OH is 2. The van der Waals surface area contributed by atoms with Crippen LogP contribution < -0.4 is 0 Å². The van der Waals surface area contributed by atoms with Gasteiger partial charge in [-0.3, -0.25) is 19.2 Å². The molecule has 2 saturated heterocycles. The van der Waals surface area contributed by atoms with Gasteiger partial charge in [0.15, 0.2) is 12.2 Å². The Morgan fingerprint density at radius 2 is 1.16 bits per heavy atom. The predicted octanol–water partition coefficient (Wildman–Crippen LogP) is -2.88. The summed E-state index contributed by atoms with van der Waals surface area (Å²) in [6, 6.07) is 0. The van der Waals surface area contributed by atoms with E-state index in [-0.39, 0.29) is 0 Å². The van der Waals surface area contributed by atoms with Crippen molar-refractivity contribution in [3.8, 4) is 0 Å². The van der Waals surface area contributed by atoms with Crippen LogP contribution in [0.1, 0.15) is 12.8 Å². The highest BCUT2D eigenvalue weighted by Crippen LogP contribution is 2.23. The van der Waals surface area contributed by atoms with Gasteiger partial charge in [-0.1, -0.05) is 0 Å².